The summed E-state index contributed by atoms with van der Waals surface area (Å²) in [6, 6.07) is 12.9. The molecule has 0 atom stereocenters. The molecule has 0 saturated heterocycles. The molecule has 0 aliphatic rings. The average molecular weight is 514 g/mol. The van der Waals surface area contributed by atoms with Crippen molar-refractivity contribution in [1.82, 2.24) is 19.1 Å². The molecule has 1 aromatic carbocycles. The molecule has 8 nitrogen and oxygen atoms in total. The maximum Gasteiger partial charge on any atom is 0.278 e. The first kappa shape index (κ1) is 21.8. The molecule has 0 bridgehead atoms. The van der Waals surface area contributed by atoms with Crippen LogP contribution in [0.1, 0.15) is 5.76 Å². The number of anilines is 1. The van der Waals surface area contributed by atoms with Crippen LogP contribution in [-0.2, 0) is 11.3 Å². The van der Waals surface area contributed by atoms with Gasteiger partial charge in [-0.2, -0.15) is 0 Å². The van der Waals surface area contributed by atoms with Gasteiger partial charge >= 0.3 is 0 Å². The number of benzene rings is 1. The van der Waals surface area contributed by atoms with Crippen molar-refractivity contribution in [2.24, 2.45) is 0 Å². The molecular formula is C21H15N5O3S4. The van der Waals surface area contributed by atoms with Crippen LogP contribution in [0.5, 0.6) is 0 Å². The second kappa shape index (κ2) is 9.43. The number of para-hydroxylation sites is 1. The van der Waals surface area contributed by atoms with Gasteiger partial charge in [-0.15, -0.1) is 11.3 Å². The molecule has 1 amide bonds. The largest absolute Gasteiger partial charge is 0.467 e. The molecule has 0 fully saturated rings. The van der Waals surface area contributed by atoms with E-state index < -0.39 is 0 Å². The lowest BCUT2D eigenvalue weighted by Gasteiger charge is -2.12. The number of rotatable bonds is 7. The molecule has 0 spiro atoms. The monoisotopic (exact) mass is 513 g/mol. The molecular weight excluding hydrogens is 499 g/mol. The Kier molecular flexibility index (Phi) is 6.22. The average Bonchev–Trinajstić information content (AvgIpc) is 3.57. The van der Waals surface area contributed by atoms with Crippen LogP contribution in [0.15, 0.2) is 74.7 Å². The summed E-state index contributed by atoms with van der Waals surface area (Å²) >= 11 is 9.27. The molecule has 4 heterocycles. The van der Waals surface area contributed by atoms with Gasteiger partial charge in [-0.3, -0.25) is 18.7 Å². The molecule has 5 rings (SSSR count). The Morgan fingerprint density at radius 2 is 2.06 bits per heavy atom. The van der Waals surface area contributed by atoms with E-state index in [1.807, 2.05) is 36.4 Å². The predicted octanol–water partition coefficient (Wildman–Crippen LogP) is 4.81. The molecule has 4 aromatic heterocycles. The van der Waals surface area contributed by atoms with E-state index in [9.17, 15) is 9.59 Å². The zero-order valence-electron chi connectivity index (χ0n) is 16.8. The minimum absolute atomic E-state index is 0.0629. The third-order valence-corrected chi connectivity index (χ3v) is 7.63. The van der Waals surface area contributed by atoms with E-state index in [1.54, 1.807) is 28.5 Å². The van der Waals surface area contributed by atoms with Gasteiger partial charge in [0, 0.05) is 11.6 Å². The van der Waals surface area contributed by atoms with Crippen molar-refractivity contribution in [2.45, 2.75) is 11.7 Å². The predicted molar refractivity (Wildman–Crippen MR) is 133 cm³/mol. The SMILES string of the molecule is O=C(CSc1nc2c(sc(=S)n2Cc2ccco2)c(=O)n1-c1ccccc1)Nc1nccs1. The fraction of sp³-hybridized carbons (Fsp3) is 0.0952. The van der Waals surface area contributed by atoms with Crippen LogP contribution in [0, 0.1) is 3.95 Å². The lowest BCUT2D eigenvalue weighted by molar-refractivity contribution is -0.113. The van der Waals surface area contributed by atoms with Crippen molar-refractivity contribution in [2.75, 3.05) is 11.1 Å². The smallest absolute Gasteiger partial charge is 0.278 e. The van der Waals surface area contributed by atoms with Crippen LogP contribution in [0.2, 0.25) is 0 Å². The van der Waals surface area contributed by atoms with Crippen LogP contribution in [0.4, 0.5) is 5.13 Å². The minimum Gasteiger partial charge on any atom is -0.467 e. The first-order valence-corrected chi connectivity index (χ1v) is 12.8. The van der Waals surface area contributed by atoms with Crippen LogP contribution >= 0.6 is 46.7 Å². The van der Waals surface area contributed by atoms with E-state index in [-0.39, 0.29) is 17.2 Å². The van der Waals surface area contributed by atoms with E-state index in [1.165, 1.54) is 39.0 Å². The fourth-order valence-corrected chi connectivity index (χ4v) is 5.76. The number of amides is 1. The Balaban J connectivity index is 1.57. The van der Waals surface area contributed by atoms with Crippen LogP contribution in [0.3, 0.4) is 0 Å². The van der Waals surface area contributed by atoms with Crippen molar-refractivity contribution < 1.29 is 9.21 Å². The first-order valence-electron chi connectivity index (χ1n) is 9.66. The zero-order valence-corrected chi connectivity index (χ0v) is 20.1. The molecule has 0 aliphatic heterocycles. The number of hydrogen-bond acceptors (Lipinski definition) is 9. The molecule has 1 N–H and O–H groups in total. The number of furan rings is 1. The standard InChI is InChI=1S/C21H15N5O3S4/c27-15(23-19-22-8-10-31-19)12-32-20-24-17-16(18(28)26(20)13-5-2-1-3-6-13)33-21(30)25(17)11-14-7-4-9-29-14/h1-10H,11-12H2,(H,22,23,27). The third-order valence-electron chi connectivity index (χ3n) is 4.58. The maximum atomic E-state index is 13.5. The van der Waals surface area contributed by atoms with Gasteiger partial charge in [-0.1, -0.05) is 41.3 Å². The van der Waals surface area contributed by atoms with Crippen molar-refractivity contribution >= 4 is 68.0 Å². The first-order chi connectivity index (χ1) is 16.1. The number of fused-ring (bicyclic) bond motifs is 1. The maximum absolute atomic E-state index is 13.5. The Morgan fingerprint density at radius 1 is 1.21 bits per heavy atom. The Hall–Kier alpha value is -3.06. The summed E-state index contributed by atoms with van der Waals surface area (Å²) in [4.78, 5) is 34.8. The number of hydrogen-bond donors (Lipinski definition) is 1. The summed E-state index contributed by atoms with van der Waals surface area (Å²) in [5, 5.41) is 5.45. The van der Waals surface area contributed by atoms with Gasteiger partial charge in [-0.25, -0.2) is 9.97 Å². The number of nitrogens with one attached hydrogen (secondary N) is 1. The van der Waals surface area contributed by atoms with Crippen LogP contribution < -0.4 is 10.9 Å². The Morgan fingerprint density at radius 3 is 2.79 bits per heavy atom. The van der Waals surface area contributed by atoms with Gasteiger partial charge in [0.2, 0.25) is 5.91 Å². The highest BCUT2D eigenvalue weighted by atomic mass is 32.2. The quantitative estimate of drug-likeness (QED) is 0.190. The van der Waals surface area contributed by atoms with E-state index in [0.29, 0.717) is 42.6 Å². The minimum atomic E-state index is -0.235. The summed E-state index contributed by atoms with van der Waals surface area (Å²) in [5.41, 5.74) is 0.904. The number of thioether (sulfide) groups is 1. The topological polar surface area (TPSA) is 95.0 Å². The molecule has 0 radical (unpaired) electrons. The van der Waals surface area contributed by atoms with Gasteiger partial charge < -0.3 is 9.73 Å². The van der Waals surface area contributed by atoms with Gasteiger partial charge in [-0.05, 0) is 36.5 Å². The Labute approximate surface area is 204 Å². The van der Waals surface area contributed by atoms with Crippen LogP contribution in [-0.4, -0.2) is 30.8 Å². The van der Waals surface area contributed by atoms with Gasteiger partial charge in [0.15, 0.2) is 19.9 Å². The Bertz CT molecular complexity index is 1520. The fourth-order valence-electron chi connectivity index (χ4n) is 3.15. The molecule has 12 heteroatoms. The van der Waals surface area contributed by atoms with Crippen molar-refractivity contribution in [3.63, 3.8) is 0 Å². The lowest BCUT2D eigenvalue weighted by Crippen LogP contribution is -2.23. The summed E-state index contributed by atoms with van der Waals surface area (Å²) in [5.74, 6) is 0.534. The van der Waals surface area contributed by atoms with E-state index in [0.717, 1.165) is 0 Å². The number of carbonyl (C=O) groups excluding carboxylic acids is 1. The molecule has 0 unspecified atom stereocenters. The van der Waals surface area contributed by atoms with Gasteiger partial charge in [0.1, 0.15) is 10.5 Å². The number of nitrogens with zero attached hydrogens (tertiary/aromatic N) is 4. The van der Waals surface area contributed by atoms with E-state index in [4.69, 9.17) is 21.6 Å². The molecule has 166 valence electrons. The highest BCUT2D eigenvalue weighted by molar-refractivity contribution is 7.99. The highest BCUT2D eigenvalue weighted by Gasteiger charge is 2.19. The summed E-state index contributed by atoms with van der Waals surface area (Å²) < 4.78 is 9.73. The summed E-state index contributed by atoms with van der Waals surface area (Å²) in [6.07, 6.45) is 3.21. The van der Waals surface area contributed by atoms with E-state index >= 15 is 0 Å². The third kappa shape index (κ3) is 4.55. The summed E-state index contributed by atoms with van der Waals surface area (Å²) in [7, 11) is 0. The normalized spacial score (nSPS) is 11.2. The molecule has 0 saturated carbocycles. The second-order valence-electron chi connectivity index (χ2n) is 6.73. The lowest BCUT2D eigenvalue weighted by atomic mass is 10.3. The zero-order chi connectivity index (χ0) is 22.8. The highest BCUT2D eigenvalue weighted by Crippen LogP contribution is 2.26. The van der Waals surface area contributed by atoms with Crippen molar-refractivity contribution in [3.05, 3.63) is 80.4 Å². The van der Waals surface area contributed by atoms with Crippen LogP contribution in [0.25, 0.3) is 16.0 Å². The van der Waals surface area contributed by atoms with Gasteiger partial charge in [0.25, 0.3) is 5.56 Å². The number of carbonyl (C=O) groups is 1. The number of aromatic nitrogens is 4. The van der Waals surface area contributed by atoms with Gasteiger partial charge in [0.05, 0.1) is 24.2 Å². The second-order valence-corrected chi connectivity index (χ2v) is 10.2. The van der Waals surface area contributed by atoms with Crippen molar-refractivity contribution in [3.8, 4) is 5.69 Å². The van der Waals surface area contributed by atoms with Crippen molar-refractivity contribution in [1.29, 1.82) is 0 Å². The molecule has 5 aromatic rings. The van der Waals surface area contributed by atoms with E-state index in [2.05, 4.69) is 10.3 Å². The summed E-state index contributed by atoms with van der Waals surface area (Å²) in [6.45, 7) is 0.363. The molecule has 33 heavy (non-hydrogen) atoms. The number of thiazole rings is 2. The molecule has 0 aliphatic carbocycles.